The van der Waals surface area contributed by atoms with Crippen LogP contribution in [0.4, 0.5) is 13.2 Å². The standard InChI is InChI=1S/C20H19F3N2O2S/c1-12-9-16-17(10-13(12)2)28-19(25(16)7-8-27-3)24-18(26)14-5-4-6-15(11-14)20(21,22)23/h4-6,9-11H,7-8H2,1-3H3. The molecule has 0 aliphatic rings. The monoisotopic (exact) mass is 408 g/mol. The summed E-state index contributed by atoms with van der Waals surface area (Å²) >= 11 is 1.33. The van der Waals surface area contributed by atoms with E-state index in [1.165, 1.54) is 23.5 Å². The van der Waals surface area contributed by atoms with Crippen molar-refractivity contribution in [2.45, 2.75) is 26.6 Å². The van der Waals surface area contributed by atoms with Gasteiger partial charge in [0.25, 0.3) is 5.91 Å². The van der Waals surface area contributed by atoms with Crippen LogP contribution in [0.3, 0.4) is 0 Å². The maximum Gasteiger partial charge on any atom is 0.416 e. The van der Waals surface area contributed by atoms with Crippen molar-refractivity contribution in [1.82, 2.24) is 4.57 Å². The average molecular weight is 408 g/mol. The largest absolute Gasteiger partial charge is 0.416 e. The van der Waals surface area contributed by atoms with Crippen molar-refractivity contribution >= 4 is 27.5 Å². The Bertz CT molecular complexity index is 1100. The third kappa shape index (κ3) is 4.18. The Labute approximate surface area is 163 Å². The molecule has 0 fully saturated rings. The van der Waals surface area contributed by atoms with Gasteiger partial charge in [0.2, 0.25) is 0 Å². The molecule has 0 saturated heterocycles. The first kappa shape index (κ1) is 20.3. The summed E-state index contributed by atoms with van der Waals surface area (Å²) in [5.74, 6) is -0.711. The fraction of sp³-hybridized carbons (Fsp3) is 0.300. The van der Waals surface area contributed by atoms with Crippen LogP contribution in [-0.2, 0) is 17.5 Å². The molecular formula is C20H19F3N2O2S. The summed E-state index contributed by atoms with van der Waals surface area (Å²) in [6.45, 7) is 4.90. The third-order valence-corrected chi connectivity index (χ3v) is 5.49. The molecule has 8 heteroatoms. The SMILES string of the molecule is COCCn1c(=NC(=O)c2cccc(C(F)(F)F)c2)sc2cc(C)c(C)cc21. The van der Waals surface area contributed by atoms with Gasteiger partial charge in [-0.15, -0.1) is 0 Å². The predicted octanol–water partition coefficient (Wildman–Crippen LogP) is 4.73. The maximum atomic E-state index is 12.9. The van der Waals surface area contributed by atoms with Gasteiger partial charge >= 0.3 is 6.18 Å². The highest BCUT2D eigenvalue weighted by atomic mass is 32.1. The number of carbonyl (C=O) groups excluding carboxylic acids is 1. The number of carbonyl (C=O) groups is 1. The lowest BCUT2D eigenvalue weighted by Crippen LogP contribution is -2.19. The number of fused-ring (bicyclic) bond motifs is 1. The summed E-state index contributed by atoms with van der Waals surface area (Å²) in [4.78, 5) is 17.1. The molecule has 2 aromatic carbocycles. The van der Waals surface area contributed by atoms with Gasteiger partial charge in [0.15, 0.2) is 4.80 Å². The predicted molar refractivity (Wildman–Crippen MR) is 103 cm³/mol. The van der Waals surface area contributed by atoms with Crippen molar-refractivity contribution in [3.8, 4) is 0 Å². The van der Waals surface area contributed by atoms with Gasteiger partial charge in [-0.3, -0.25) is 4.79 Å². The van der Waals surface area contributed by atoms with Crippen LogP contribution in [0, 0.1) is 13.8 Å². The number of hydrogen-bond donors (Lipinski definition) is 0. The summed E-state index contributed by atoms with van der Waals surface area (Å²) in [5.41, 5.74) is 2.16. The van der Waals surface area contributed by atoms with Gasteiger partial charge in [-0.2, -0.15) is 18.2 Å². The molecular weight excluding hydrogens is 389 g/mol. The molecule has 3 rings (SSSR count). The molecule has 148 valence electrons. The number of aryl methyl sites for hydroxylation is 2. The molecule has 4 nitrogen and oxygen atoms in total. The van der Waals surface area contributed by atoms with E-state index in [4.69, 9.17) is 4.74 Å². The number of halogens is 3. The zero-order chi connectivity index (χ0) is 20.5. The van der Waals surface area contributed by atoms with E-state index >= 15 is 0 Å². The van der Waals surface area contributed by atoms with Crippen molar-refractivity contribution in [2.24, 2.45) is 4.99 Å². The van der Waals surface area contributed by atoms with Gasteiger partial charge in [-0.25, -0.2) is 0 Å². The van der Waals surface area contributed by atoms with Gasteiger partial charge in [0.05, 0.1) is 22.4 Å². The molecule has 0 radical (unpaired) electrons. The summed E-state index contributed by atoms with van der Waals surface area (Å²) in [5, 5.41) is 0. The molecule has 0 aliphatic heterocycles. The number of hydrogen-bond acceptors (Lipinski definition) is 3. The molecule has 1 heterocycles. The molecule has 28 heavy (non-hydrogen) atoms. The van der Waals surface area contributed by atoms with Crippen molar-refractivity contribution in [1.29, 1.82) is 0 Å². The fourth-order valence-corrected chi connectivity index (χ4v) is 3.92. The zero-order valence-electron chi connectivity index (χ0n) is 15.6. The molecule has 0 aliphatic carbocycles. The van der Waals surface area contributed by atoms with Gasteiger partial charge in [-0.05, 0) is 55.3 Å². The van der Waals surface area contributed by atoms with Gasteiger partial charge in [0.1, 0.15) is 0 Å². The lowest BCUT2D eigenvalue weighted by molar-refractivity contribution is -0.137. The number of benzene rings is 2. The minimum atomic E-state index is -4.51. The summed E-state index contributed by atoms with van der Waals surface area (Å²) in [6, 6.07) is 8.34. The lowest BCUT2D eigenvalue weighted by Gasteiger charge is -2.07. The Morgan fingerprint density at radius 3 is 2.57 bits per heavy atom. The van der Waals surface area contributed by atoms with Crippen LogP contribution in [0.5, 0.6) is 0 Å². The highest BCUT2D eigenvalue weighted by Gasteiger charge is 2.30. The summed E-state index contributed by atoms with van der Waals surface area (Å²) in [6.07, 6.45) is -4.51. The normalized spacial score (nSPS) is 12.7. The Balaban J connectivity index is 2.11. The van der Waals surface area contributed by atoms with Crippen LogP contribution in [0.1, 0.15) is 27.0 Å². The molecule has 3 aromatic rings. The molecule has 0 saturated carbocycles. The van der Waals surface area contributed by atoms with Crippen molar-refractivity contribution in [2.75, 3.05) is 13.7 Å². The van der Waals surface area contributed by atoms with Crippen LogP contribution in [0.15, 0.2) is 41.4 Å². The first-order valence-electron chi connectivity index (χ1n) is 8.56. The number of aromatic nitrogens is 1. The van der Waals surface area contributed by atoms with Crippen LogP contribution in [0.2, 0.25) is 0 Å². The van der Waals surface area contributed by atoms with Crippen molar-refractivity contribution in [3.63, 3.8) is 0 Å². The molecule has 0 atom stereocenters. The summed E-state index contributed by atoms with van der Waals surface area (Å²) in [7, 11) is 1.58. The van der Waals surface area contributed by atoms with Crippen molar-refractivity contribution < 1.29 is 22.7 Å². The van der Waals surface area contributed by atoms with E-state index in [0.29, 0.717) is 18.0 Å². The number of amides is 1. The van der Waals surface area contributed by atoms with Crippen LogP contribution in [-0.4, -0.2) is 24.2 Å². The zero-order valence-corrected chi connectivity index (χ0v) is 16.4. The molecule has 0 spiro atoms. The van der Waals surface area contributed by atoms with E-state index in [9.17, 15) is 18.0 Å². The summed E-state index contributed by atoms with van der Waals surface area (Å²) < 4.78 is 46.7. The highest BCUT2D eigenvalue weighted by Crippen LogP contribution is 2.29. The Hall–Kier alpha value is -2.45. The number of methoxy groups -OCH3 is 1. The van der Waals surface area contributed by atoms with E-state index in [1.54, 1.807) is 7.11 Å². The van der Waals surface area contributed by atoms with E-state index < -0.39 is 17.6 Å². The third-order valence-electron chi connectivity index (χ3n) is 4.45. The van der Waals surface area contributed by atoms with Gasteiger partial charge < -0.3 is 9.30 Å². The Morgan fingerprint density at radius 2 is 1.89 bits per heavy atom. The number of alkyl halides is 3. The second-order valence-corrected chi connectivity index (χ2v) is 7.44. The minimum Gasteiger partial charge on any atom is -0.383 e. The average Bonchev–Trinajstić information content (AvgIpc) is 2.95. The smallest absolute Gasteiger partial charge is 0.383 e. The van der Waals surface area contributed by atoms with E-state index in [1.807, 2.05) is 30.5 Å². The van der Waals surface area contributed by atoms with Gasteiger partial charge in [-0.1, -0.05) is 17.4 Å². The molecule has 0 N–H and O–H groups in total. The van der Waals surface area contributed by atoms with Crippen molar-refractivity contribution in [3.05, 3.63) is 63.5 Å². The second-order valence-electron chi connectivity index (χ2n) is 6.43. The van der Waals surface area contributed by atoms with Crippen LogP contribution >= 0.6 is 11.3 Å². The van der Waals surface area contributed by atoms with Crippen LogP contribution < -0.4 is 4.80 Å². The minimum absolute atomic E-state index is 0.0991. The van der Waals surface area contributed by atoms with E-state index in [2.05, 4.69) is 4.99 Å². The molecule has 1 aromatic heterocycles. The number of ether oxygens (including phenoxy) is 1. The van der Waals surface area contributed by atoms with Crippen LogP contribution in [0.25, 0.3) is 10.2 Å². The van der Waals surface area contributed by atoms with E-state index in [-0.39, 0.29) is 5.56 Å². The topological polar surface area (TPSA) is 43.6 Å². The maximum absolute atomic E-state index is 12.9. The quantitative estimate of drug-likeness (QED) is 0.627. The lowest BCUT2D eigenvalue weighted by atomic mass is 10.1. The molecule has 0 unspecified atom stereocenters. The number of thiazole rings is 1. The fourth-order valence-electron chi connectivity index (χ4n) is 2.79. The second kappa shape index (κ2) is 7.89. The van der Waals surface area contributed by atoms with E-state index in [0.717, 1.165) is 33.5 Å². The number of rotatable bonds is 4. The first-order valence-corrected chi connectivity index (χ1v) is 9.38. The Morgan fingerprint density at radius 1 is 1.18 bits per heavy atom. The first-order chi connectivity index (χ1) is 13.2. The number of nitrogens with zero attached hydrogens (tertiary/aromatic N) is 2. The highest BCUT2D eigenvalue weighted by molar-refractivity contribution is 7.16. The van der Waals surface area contributed by atoms with Gasteiger partial charge in [0, 0.05) is 19.2 Å². The molecule has 1 amide bonds. The Kier molecular flexibility index (Phi) is 5.71. The molecule has 0 bridgehead atoms.